The molecule has 2 aromatic heterocycles. The normalized spacial score (nSPS) is 17.9. The van der Waals surface area contributed by atoms with Gasteiger partial charge in [0.2, 0.25) is 0 Å². The second-order valence-corrected chi connectivity index (χ2v) is 7.36. The molecule has 1 saturated heterocycles. The molecule has 1 atom stereocenters. The number of rotatable bonds is 4. The number of hydrogen-bond donors (Lipinski definition) is 1. The average Bonchev–Trinajstić information content (AvgIpc) is 3.17. The van der Waals surface area contributed by atoms with Crippen LogP contribution < -0.4 is 0 Å². The van der Waals surface area contributed by atoms with Crippen molar-refractivity contribution in [1.29, 1.82) is 0 Å². The van der Waals surface area contributed by atoms with Gasteiger partial charge in [0.15, 0.2) is 0 Å². The summed E-state index contributed by atoms with van der Waals surface area (Å²) in [7, 11) is 2.18. The number of phenols is 1. The molecule has 1 aliphatic heterocycles. The summed E-state index contributed by atoms with van der Waals surface area (Å²) in [5.41, 5.74) is 4.11. The van der Waals surface area contributed by atoms with Crippen LogP contribution in [0.3, 0.4) is 0 Å². The Morgan fingerprint density at radius 1 is 1.15 bits per heavy atom. The first-order valence-corrected chi connectivity index (χ1v) is 9.32. The maximum Gasteiger partial charge on any atom is 0.127 e. The summed E-state index contributed by atoms with van der Waals surface area (Å²) >= 11 is 0. The molecular weight excluding hydrogens is 340 g/mol. The van der Waals surface area contributed by atoms with E-state index in [4.69, 9.17) is 0 Å². The molecule has 7 heteroatoms. The molecule has 27 heavy (non-hydrogen) atoms. The molecular formula is C20H24N6O. The van der Waals surface area contributed by atoms with E-state index in [0.717, 1.165) is 24.2 Å². The smallest absolute Gasteiger partial charge is 0.127 e. The molecule has 4 rings (SSSR count). The fourth-order valence-electron chi connectivity index (χ4n) is 3.84. The van der Waals surface area contributed by atoms with E-state index in [1.54, 1.807) is 18.5 Å². The zero-order valence-electron chi connectivity index (χ0n) is 15.7. The summed E-state index contributed by atoms with van der Waals surface area (Å²) in [6, 6.07) is 7.43. The molecule has 1 N–H and O–H groups in total. The van der Waals surface area contributed by atoms with Gasteiger partial charge in [0.1, 0.15) is 5.75 Å². The van der Waals surface area contributed by atoms with E-state index in [0.29, 0.717) is 22.9 Å². The minimum absolute atomic E-state index is 0.142. The fourth-order valence-corrected chi connectivity index (χ4v) is 3.84. The van der Waals surface area contributed by atoms with Gasteiger partial charge in [0.25, 0.3) is 0 Å². The maximum atomic E-state index is 10.5. The Morgan fingerprint density at radius 2 is 1.96 bits per heavy atom. The van der Waals surface area contributed by atoms with Gasteiger partial charge in [-0.15, -0.1) is 5.10 Å². The van der Waals surface area contributed by atoms with Crippen LogP contribution in [-0.4, -0.2) is 55.3 Å². The van der Waals surface area contributed by atoms with Crippen LogP contribution in [0.4, 0.5) is 0 Å². The van der Waals surface area contributed by atoms with Gasteiger partial charge in [-0.1, -0.05) is 0 Å². The van der Waals surface area contributed by atoms with E-state index in [1.165, 1.54) is 24.2 Å². The lowest BCUT2D eigenvalue weighted by Crippen LogP contribution is -2.33. The maximum absolute atomic E-state index is 10.5. The lowest BCUT2D eigenvalue weighted by molar-refractivity contribution is 0.208. The van der Waals surface area contributed by atoms with Crippen molar-refractivity contribution in [2.45, 2.75) is 26.2 Å². The van der Waals surface area contributed by atoms with Crippen molar-refractivity contribution in [2.75, 3.05) is 20.1 Å². The topological polar surface area (TPSA) is 80.0 Å². The minimum Gasteiger partial charge on any atom is -0.507 e. The van der Waals surface area contributed by atoms with Crippen LogP contribution in [-0.2, 0) is 6.42 Å². The van der Waals surface area contributed by atoms with E-state index in [9.17, 15) is 5.11 Å². The highest BCUT2D eigenvalue weighted by atomic mass is 16.3. The monoisotopic (exact) mass is 364 g/mol. The van der Waals surface area contributed by atoms with Crippen molar-refractivity contribution in [3.63, 3.8) is 0 Å². The second kappa shape index (κ2) is 7.44. The van der Waals surface area contributed by atoms with Crippen LogP contribution >= 0.6 is 0 Å². The van der Waals surface area contributed by atoms with Crippen molar-refractivity contribution >= 4 is 0 Å². The molecule has 1 aliphatic rings. The Labute approximate surface area is 158 Å². The zero-order valence-corrected chi connectivity index (χ0v) is 15.7. The third-order valence-corrected chi connectivity index (χ3v) is 5.14. The van der Waals surface area contributed by atoms with Crippen LogP contribution in [0.25, 0.3) is 16.9 Å². The van der Waals surface area contributed by atoms with E-state index in [-0.39, 0.29) is 5.75 Å². The van der Waals surface area contributed by atoms with Gasteiger partial charge >= 0.3 is 0 Å². The third-order valence-electron chi connectivity index (χ3n) is 5.14. The molecule has 3 aromatic rings. The second-order valence-electron chi connectivity index (χ2n) is 7.36. The number of hydrogen-bond acceptors (Lipinski definition) is 6. The minimum atomic E-state index is 0.142. The number of aromatic nitrogens is 5. The van der Waals surface area contributed by atoms with Crippen LogP contribution in [0.15, 0.2) is 36.7 Å². The lowest BCUT2D eigenvalue weighted by atomic mass is 9.93. The molecule has 0 bridgehead atoms. The van der Waals surface area contributed by atoms with E-state index < -0.39 is 0 Å². The van der Waals surface area contributed by atoms with E-state index >= 15 is 0 Å². The van der Waals surface area contributed by atoms with Crippen LogP contribution in [0.1, 0.15) is 24.1 Å². The standard InChI is InChI=1S/C20H24N6O/c1-14-10-16(11-15-4-3-9-25(2)13-15)23-24-20(14)18-6-5-17(12-19(18)27)26-21-7-8-22-26/h5-8,10,12,15,27H,3-4,9,11,13H2,1-2H3/t15-/m0/s1. The summed E-state index contributed by atoms with van der Waals surface area (Å²) in [5.74, 6) is 0.779. The average molecular weight is 364 g/mol. The van der Waals surface area contributed by atoms with Crippen LogP contribution in [0.5, 0.6) is 5.75 Å². The quantitative estimate of drug-likeness (QED) is 0.767. The molecule has 1 aromatic carbocycles. The van der Waals surface area contributed by atoms with Gasteiger partial charge in [0.05, 0.1) is 29.5 Å². The molecule has 0 aliphatic carbocycles. The number of benzene rings is 1. The Hall–Kier alpha value is -2.80. The molecule has 0 radical (unpaired) electrons. The molecule has 0 unspecified atom stereocenters. The summed E-state index contributed by atoms with van der Waals surface area (Å²) < 4.78 is 0. The van der Waals surface area contributed by atoms with Gasteiger partial charge in [-0.25, -0.2) is 0 Å². The van der Waals surface area contributed by atoms with Crippen molar-refractivity contribution in [2.24, 2.45) is 5.92 Å². The summed E-state index contributed by atoms with van der Waals surface area (Å²) in [6.45, 7) is 4.32. The number of likely N-dealkylation sites (tertiary alicyclic amines) is 1. The first kappa shape index (κ1) is 17.6. The number of nitrogens with zero attached hydrogens (tertiary/aromatic N) is 6. The number of piperidine rings is 1. The predicted octanol–water partition coefficient (Wildman–Crippen LogP) is 2.62. The highest BCUT2D eigenvalue weighted by molar-refractivity contribution is 5.70. The third kappa shape index (κ3) is 3.83. The van der Waals surface area contributed by atoms with Gasteiger partial charge in [-0.05, 0) is 69.5 Å². The molecule has 0 spiro atoms. The molecule has 0 saturated carbocycles. The summed E-state index contributed by atoms with van der Waals surface area (Å²) in [4.78, 5) is 3.85. The number of aromatic hydroxyl groups is 1. The first-order valence-electron chi connectivity index (χ1n) is 9.32. The van der Waals surface area contributed by atoms with E-state index in [1.807, 2.05) is 19.1 Å². The molecule has 140 valence electrons. The fraction of sp³-hybridized carbons (Fsp3) is 0.400. The Morgan fingerprint density at radius 3 is 2.67 bits per heavy atom. The van der Waals surface area contributed by atoms with Crippen LogP contribution in [0.2, 0.25) is 0 Å². The predicted molar refractivity (Wildman–Crippen MR) is 103 cm³/mol. The zero-order chi connectivity index (χ0) is 18.8. The van der Waals surface area contributed by atoms with Crippen LogP contribution in [0, 0.1) is 12.8 Å². The summed E-state index contributed by atoms with van der Waals surface area (Å²) in [6.07, 6.45) is 6.65. The number of phenolic OH excluding ortho intramolecular Hbond substituents is 1. The summed E-state index contributed by atoms with van der Waals surface area (Å²) in [5, 5.41) is 27.5. The van der Waals surface area contributed by atoms with Gasteiger partial charge in [-0.2, -0.15) is 20.1 Å². The van der Waals surface area contributed by atoms with Gasteiger partial charge in [-0.3, -0.25) is 0 Å². The van der Waals surface area contributed by atoms with Gasteiger partial charge in [0, 0.05) is 18.2 Å². The first-order chi connectivity index (χ1) is 13.1. The Balaban J connectivity index is 1.55. The highest BCUT2D eigenvalue weighted by Crippen LogP contribution is 2.31. The SMILES string of the molecule is Cc1cc(C[C@@H]2CCCN(C)C2)nnc1-c1ccc(-n2nccn2)cc1O. The molecule has 3 heterocycles. The lowest BCUT2D eigenvalue weighted by Gasteiger charge is -2.29. The van der Waals surface area contributed by atoms with E-state index in [2.05, 4.69) is 38.4 Å². The molecule has 1 fully saturated rings. The van der Waals surface area contributed by atoms with Gasteiger partial charge < -0.3 is 10.0 Å². The Kier molecular flexibility index (Phi) is 4.85. The highest BCUT2D eigenvalue weighted by Gasteiger charge is 2.19. The Bertz CT molecular complexity index is 924. The number of aryl methyl sites for hydroxylation is 1. The molecule has 0 amide bonds. The molecule has 7 nitrogen and oxygen atoms in total. The van der Waals surface area contributed by atoms with Crippen molar-refractivity contribution in [1.82, 2.24) is 30.1 Å². The van der Waals surface area contributed by atoms with Crippen molar-refractivity contribution in [3.8, 4) is 22.7 Å². The largest absolute Gasteiger partial charge is 0.507 e. The van der Waals surface area contributed by atoms with Crippen molar-refractivity contribution in [3.05, 3.63) is 47.9 Å². The van der Waals surface area contributed by atoms with Crippen molar-refractivity contribution < 1.29 is 5.11 Å².